The van der Waals surface area contributed by atoms with E-state index in [-0.39, 0.29) is 16.5 Å². The minimum atomic E-state index is -3.70. The quantitative estimate of drug-likeness (QED) is 0.589. The number of hydrogen-bond donors (Lipinski definition) is 0. The van der Waals surface area contributed by atoms with Crippen molar-refractivity contribution in [3.63, 3.8) is 0 Å². The number of rotatable bonds is 6. The van der Waals surface area contributed by atoms with E-state index in [9.17, 15) is 18.5 Å². The molecule has 0 amide bonds. The van der Waals surface area contributed by atoms with Crippen molar-refractivity contribution in [1.82, 2.24) is 4.31 Å². The van der Waals surface area contributed by atoms with Crippen molar-refractivity contribution in [2.75, 3.05) is 26.3 Å². The zero-order valence-electron chi connectivity index (χ0n) is 12.5. The second-order valence-corrected chi connectivity index (χ2v) is 7.22. The van der Waals surface area contributed by atoms with Crippen LogP contribution in [-0.2, 0) is 14.8 Å². The highest BCUT2D eigenvalue weighted by Crippen LogP contribution is 2.26. The molecule has 22 heavy (non-hydrogen) atoms. The van der Waals surface area contributed by atoms with E-state index in [4.69, 9.17) is 4.74 Å². The van der Waals surface area contributed by atoms with Gasteiger partial charge < -0.3 is 4.74 Å². The van der Waals surface area contributed by atoms with E-state index in [0.717, 1.165) is 18.9 Å². The molecule has 0 spiro atoms. The molecule has 0 radical (unpaired) electrons. The smallest absolute Gasteiger partial charge is 0.270 e. The Morgan fingerprint density at radius 3 is 2.91 bits per heavy atom. The first-order valence-electron chi connectivity index (χ1n) is 7.27. The average molecular weight is 328 g/mol. The maximum atomic E-state index is 12.6. The first kappa shape index (κ1) is 16.9. The number of nitro benzene ring substituents is 1. The normalized spacial score (nSPS) is 20.0. The van der Waals surface area contributed by atoms with Crippen LogP contribution in [0.4, 0.5) is 5.69 Å². The lowest BCUT2D eigenvalue weighted by atomic mass is 10.0. The molecule has 0 aliphatic carbocycles. The standard InChI is InChI=1S/C14H20N2O5S/c1-2-21-11-12-5-4-8-15(10-12)22(19,20)14-7-3-6-13(9-14)16(17)18/h3,6-7,9,12H,2,4-5,8,10-11H2,1H3. The number of nitrogens with zero attached hydrogens (tertiary/aromatic N) is 2. The summed E-state index contributed by atoms with van der Waals surface area (Å²) in [7, 11) is -3.70. The zero-order valence-corrected chi connectivity index (χ0v) is 13.3. The Bertz CT molecular complexity index is 632. The summed E-state index contributed by atoms with van der Waals surface area (Å²) in [5.41, 5.74) is -0.219. The molecule has 1 fully saturated rings. The number of non-ortho nitro benzene ring substituents is 1. The monoisotopic (exact) mass is 328 g/mol. The van der Waals surface area contributed by atoms with Crippen LogP contribution in [-0.4, -0.2) is 43.9 Å². The minimum Gasteiger partial charge on any atom is -0.381 e. The van der Waals surface area contributed by atoms with Crippen molar-refractivity contribution in [1.29, 1.82) is 0 Å². The van der Waals surface area contributed by atoms with Gasteiger partial charge in [0, 0.05) is 31.8 Å². The molecule has 1 aliphatic heterocycles. The lowest BCUT2D eigenvalue weighted by Crippen LogP contribution is -2.41. The number of ether oxygens (including phenoxy) is 1. The van der Waals surface area contributed by atoms with E-state index in [0.29, 0.717) is 26.3 Å². The molecule has 8 heteroatoms. The maximum absolute atomic E-state index is 12.6. The highest BCUT2D eigenvalue weighted by atomic mass is 32.2. The Balaban J connectivity index is 2.18. The summed E-state index contributed by atoms with van der Waals surface area (Å²) in [5, 5.41) is 10.8. The van der Waals surface area contributed by atoms with E-state index in [2.05, 4.69) is 0 Å². The Kier molecular flexibility index (Phi) is 5.49. The third-order valence-corrected chi connectivity index (χ3v) is 5.57. The second kappa shape index (κ2) is 7.17. The fourth-order valence-electron chi connectivity index (χ4n) is 2.57. The maximum Gasteiger partial charge on any atom is 0.270 e. The predicted molar refractivity (Wildman–Crippen MR) is 81.1 cm³/mol. The van der Waals surface area contributed by atoms with Crippen LogP contribution in [0.2, 0.25) is 0 Å². The van der Waals surface area contributed by atoms with Gasteiger partial charge in [-0.3, -0.25) is 10.1 Å². The fraction of sp³-hybridized carbons (Fsp3) is 0.571. The molecule has 122 valence electrons. The van der Waals surface area contributed by atoms with Gasteiger partial charge in [-0.15, -0.1) is 0 Å². The molecule has 0 bridgehead atoms. The van der Waals surface area contributed by atoms with E-state index in [1.807, 2.05) is 6.92 Å². The molecule has 1 atom stereocenters. The molecule has 2 rings (SSSR count). The molecule has 1 heterocycles. The van der Waals surface area contributed by atoms with Gasteiger partial charge in [0.15, 0.2) is 0 Å². The van der Waals surface area contributed by atoms with Gasteiger partial charge in [-0.25, -0.2) is 8.42 Å². The third-order valence-electron chi connectivity index (χ3n) is 3.71. The number of nitro groups is 1. The van der Waals surface area contributed by atoms with Crippen molar-refractivity contribution in [2.45, 2.75) is 24.7 Å². The topological polar surface area (TPSA) is 89.8 Å². The van der Waals surface area contributed by atoms with Gasteiger partial charge in [-0.2, -0.15) is 4.31 Å². The summed E-state index contributed by atoms with van der Waals surface area (Å²) in [6, 6.07) is 5.19. The van der Waals surface area contributed by atoms with Crippen LogP contribution in [0.3, 0.4) is 0 Å². The Hall–Kier alpha value is -1.51. The number of benzene rings is 1. The lowest BCUT2D eigenvalue weighted by Gasteiger charge is -2.31. The Labute approximate surface area is 130 Å². The third kappa shape index (κ3) is 3.82. The van der Waals surface area contributed by atoms with Crippen LogP contribution >= 0.6 is 0 Å². The highest BCUT2D eigenvalue weighted by molar-refractivity contribution is 7.89. The molecular weight excluding hydrogens is 308 g/mol. The van der Waals surface area contributed by atoms with E-state index in [1.165, 1.54) is 22.5 Å². The number of sulfonamides is 1. The summed E-state index contributed by atoms with van der Waals surface area (Å²) < 4.78 is 32.1. The van der Waals surface area contributed by atoms with Crippen LogP contribution < -0.4 is 0 Å². The zero-order chi connectivity index (χ0) is 16.2. The van der Waals surface area contributed by atoms with Crippen molar-refractivity contribution >= 4 is 15.7 Å². The van der Waals surface area contributed by atoms with Gasteiger partial charge in [0.1, 0.15) is 0 Å². The van der Waals surface area contributed by atoms with E-state index in [1.54, 1.807) is 0 Å². The summed E-state index contributed by atoms with van der Waals surface area (Å²) >= 11 is 0. The molecule has 0 N–H and O–H groups in total. The minimum absolute atomic E-state index is 0.0289. The van der Waals surface area contributed by atoms with Crippen LogP contribution in [0.5, 0.6) is 0 Å². The van der Waals surface area contributed by atoms with Crippen LogP contribution in [0.25, 0.3) is 0 Å². The van der Waals surface area contributed by atoms with Gasteiger partial charge >= 0.3 is 0 Å². The number of hydrogen-bond acceptors (Lipinski definition) is 5. The number of piperidine rings is 1. The average Bonchev–Trinajstić information content (AvgIpc) is 2.53. The fourth-order valence-corrected chi connectivity index (χ4v) is 4.17. The molecule has 1 aliphatic rings. The van der Waals surface area contributed by atoms with Gasteiger partial charge in [0.2, 0.25) is 10.0 Å². The largest absolute Gasteiger partial charge is 0.381 e. The van der Waals surface area contributed by atoms with Crippen molar-refractivity contribution in [3.8, 4) is 0 Å². The van der Waals surface area contributed by atoms with E-state index < -0.39 is 14.9 Å². The Morgan fingerprint density at radius 1 is 1.45 bits per heavy atom. The molecule has 1 aromatic rings. The second-order valence-electron chi connectivity index (χ2n) is 5.29. The van der Waals surface area contributed by atoms with E-state index >= 15 is 0 Å². The van der Waals surface area contributed by atoms with Crippen molar-refractivity contribution < 1.29 is 18.1 Å². The summed E-state index contributed by atoms with van der Waals surface area (Å²) in [5.74, 6) is 0.169. The molecule has 0 aromatic heterocycles. The highest BCUT2D eigenvalue weighted by Gasteiger charge is 2.31. The predicted octanol–water partition coefficient (Wildman–Crippen LogP) is 2.03. The Morgan fingerprint density at radius 2 is 2.23 bits per heavy atom. The molecule has 0 saturated carbocycles. The summed E-state index contributed by atoms with van der Waals surface area (Å²) in [4.78, 5) is 10.2. The van der Waals surface area contributed by atoms with Crippen LogP contribution in [0.1, 0.15) is 19.8 Å². The molecule has 1 aromatic carbocycles. The first-order valence-corrected chi connectivity index (χ1v) is 8.71. The van der Waals surface area contributed by atoms with Crippen LogP contribution in [0.15, 0.2) is 29.2 Å². The lowest BCUT2D eigenvalue weighted by molar-refractivity contribution is -0.385. The van der Waals surface area contributed by atoms with Gasteiger partial charge in [-0.05, 0) is 31.7 Å². The molecular formula is C14H20N2O5S. The molecule has 1 saturated heterocycles. The van der Waals surface area contributed by atoms with Crippen LogP contribution in [0, 0.1) is 16.0 Å². The van der Waals surface area contributed by atoms with Gasteiger partial charge in [0.25, 0.3) is 5.69 Å². The molecule has 7 nitrogen and oxygen atoms in total. The summed E-state index contributed by atoms with van der Waals surface area (Å²) in [6.45, 7) is 3.88. The van der Waals surface area contributed by atoms with Gasteiger partial charge in [-0.1, -0.05) is 6.07 Å². The first-order chi connectivity index (χ1) is 10.4. The summed E-state index contributed by atoms with van der Waals surface area (Å²) in [6.07, 6.45) is 1.70. The molecule has 1 unspecified atom stereocenters. The van der Waals surface area contributed by atoms with Crippen molar-refractivity contribution in [2.24, 2.45) is 5.92 Å². The van der Waals surface area contributed by atoms with Gasteiger partial charge in [0.05, 0.1) is 16.4 Å². The SMILES string of the molecule is CCOCC1CCCN(S(=O)(=O)c2cccc([N+](=O)[O-])c2)C1. The van der Waals surface area contributed by atoms with Crippen molar-refractivity contribution in [3.05, 3.63) is 34.4 Å².